The summed E-state index contributed by atoms with van der Waals surface area (Å²) in [6.45, 7) is -0.0484. The molecule has 0 radical (unpaired) electrons. The fourth-order valence-corrected chi connectivity index (χ4v) is 4.53. The summed E-state index contributed by atoms with van der Waals surface area (Å²) in [5.41, 5.74) is -0.991. The molecule has 2 aromatic carbocycles. The average Bonchev–Trinajstić information content (AvgIpc) is 3.11. The van der Waals surface area contributed by atoms with Crippen LogP contribution in [0, 0.1) is 11.3 Å². The summed E-state index contributed by atoms with van der Waals surface area (Å²) in [6.07, 6.45) is -0.295. The second-order valence-corrected chi connectivity index (χ2v) is 8.09. The molecular formula is C23H18F3N3O2S. The molecule has 5 nitrogen and oxygen atoms in total. The van der Waals surface area contributed by atoms with Crippen molar-refractivity contribution in [3.8, 4) is 6.07 Å². The van der Waals surface area contributed by atoms with Crippen molar-refractivity contribution in [1.82, 2.24) is 0 Å². The lowest BCUT2D eigenvalue weighted by atomic mass is 9.75. The third-order valence-corrected chi connectivity index (χ3v) is 6.42. The fraction of sp³-hybridized carbons (Fsp3) is 0.261. The summed E-state index contributed by atoms with van der Waals surface area (Å²) in [7, 11) is 0. The molecule has 9 heteroatoms. The summed E-state index contributed by atoms with van der Waals surface area (Å²) in [5, 5.41) is 18.0. The Labute approximate surface area is 188 Å². The minimum atomic E-state index is -4.72. The minimum Gasteiger partial charge on any atom is -0.392 e. The Balaban J connectivity index is 1.73. The number of thiocarbonyl (C=S) groups is 1. The number of aliphatic hydroxyl groups excluding tert-OH is 1. The second kappa shape index (κ2) is 8.04. The Hall–Kier alpha value is -3.22. The molecule has 0 bridgehead atoms. The van der Waals surface area contributed by atoms with Gasteiger partial charge in [0, 0.05) is 16.2 Å². The molecule has 1 atom stereocenters. The monoisotopic (exact) mass is 457 g/mol. The lowest BCUT2D eigenvalue weighted by molar-refractivity contribution is -0.137. The number of aliphatic hydroxyl groups is 1. The molecule has 2 aliphatic rings. The van der Waals surface area contributed by atoms with Crippen molar-refractivity contribution in [3.63, 3.8) is 0 Å². The predicted octanol–water partition coefficient (Wildman–Crippen LogP) is 4.30. The van der Waals surface area contributed by atoms with Gasteiger partial charge in [-0.2, -0.15) is 18.4 Å². The lowest BCUT2D eigenvalue weighted by Crippen LogP contribution is -2.61. The van der Waals surface area contributed by atoms with E-state index in [-0.39, 0.29) is 24.9 Å². The number of carbonyl (C=O) groups excluding carboxylic acids is 1. The average molecular weight is 457 g/mol. The molecule has 1 saturated heterocycles. The van der Waals surface area contributed by atoms with Crippen molar-refractivity contribution in [2.24, 2.45) is 0 Å². The van der Waals surface area contributed by atoms with Crippen molar-refractivity contribution in [3.05, 3.63) is 65.2 Å². The highest BCUT2D eigenvalue weighted by atomic mass is 32.1. The predicted molar refractivity (Wildman–Crippen MR) is 118 cm³/mol. The molecule has 1 spiro atoms. The molecule has 1 amide bonds. The van der Waals surface area contributed by atoms with Gasteiger partial charge in [0.25, 0.3) is 5.91 Å². The highest BCUT2D eigenvalue weighted by Gasteiger charge is 2.60. The zero-order valence-corrected chi connectivity index (χ0v) is 17.6. The normalized spacial score (nSPS) is 20.8. The molecule has 0 aromatic heterocycles. The van der Waals surface area contributed by atoms with Crippen molar-refractivity contribution in [2.45, 2.75) is 24.6 Å². The number of anilines is 2. The topological polar surface area (TPSA) is 67.6 Å². The van der Waals surface area contributed by atoms with E-state index in [0.29, 0.717) is 23.4 Å². The van der Waals surface area contributed by atoms with Crippen LogP contribution in [-0.2, 0) is 11.0 Å². The van der Waals surface area contributed by atoms with Crippen LogP contribution in [-0.4, -0.2) is 34.7 Å². The van der Waals surface area contributed by atoms with Crippen LogP contribution in [0.2, 0.25) is 0 Å². The molecule has 2 aromatic rings. The van der Waals surface area contributed by atoms with Crippen LogP contribution >= 0.6 is 12.2 Å². The van der Waals surface area contributed by atoms with E-state index in [1.807, 2.05) is 29.2 Å². The number of hydrogen-bond donors (Lipinski definition) is 1. The number of amides is 1. The number of nitriles is 1. The molecule has 2 fully saturated rings. The molecular weight excluding hydrogens is 439 g/mol. The van der Waals surface area contributed by atoms with Crippen molar-refractivity contribution < 1.29 is 23.1 Å². The van der Waals surface area contributed by atoms with Crippen LogP contribution in [0.15, 0.2) is 48.5 Å². The Morgan fingerprint density at radius 2 is 1.88 bits per heavy atom. The van der Waals surface area contributed by atoms with Gasteiger partial charge in [0.1, 0.15) is 0 Å². The number of nitrogens with zero attached hydrogens (tertiary/aromatic N) is 3. The summed E-state index contributed by atoms with van der Waals surface area (Å²) < 4.78 is 40.4. The quantitative estimate of drug-likeness (QED) is 0.694. The van der Waals surface area contributed by atoms with Gasteiger partial charge < -0.3 is 10.0 Å². The molecule has 1 heterocycles. The van der Waals surface area contributed by atoms with Gasteiger partial charge in [-0.05, 0) is 48.7 Å². The molecule has 1 saturated carbocycles. The smallest absolute Gasteiger partial charge is 0.392 e. The summed E-state index contributed by atoms with van der Waals surface area (Å²) >= 11 is 5.47. The molecule has 1 N–H and O–H groups in total. The van der Waals surface area contributed by atoms with E-state index in [1.165, 1.54) is 11.0 Å². The first-order valence-corrected chi connectivity index (χ1v) is 10.2. The van der Waals surface area contributed by atoms with E-state index in [1.54, 1.807) is 18.2 Å². The van der Waals surface area contributed by atoms with E-state index in [9.17, 15) is 18.0 Å². The molecule has 164 valence electrons. The van der Waals surface area contributed by atoms with Gasteiger partial charge in [-0.1, -0.05) is 36.5 Å². The third-order valence-electron chi connectivity index (χ3n) is 5.88. The molecule has 1 unspecified atom stereocenters. The van der Waals surface area contributed by atoms with E-state index in [4.69, 9.17) is 22.6 Å². The van der Waals surface area contributed by atoms with Crippen LogP contribution in [0.3, 0.4) is 0 Å². The standard InChI is InChI=1S/C23H18F3N3O2S/c24-23(25,26)19-12-18(8-5-16(19)13-27)28-14-29(22(21(28)31)10-9-20(22)32)17-6-3-15(4-7-17)2-1-11-30/h1-8,12,30H,9-11,14H2/b2-1+. The summed E-state index contributed by atoms with van der Waals surface area (Å²) in [4.78, 5) is 17.1. The molecule has 1 aliphatic carbocycles. The SMILES string of the molecule is N#Cc1ccc(N2CN(c3ccc(/C=C/CO)cc3)C3(CCC3=S)C2=O)cc1C(F)(F)F. The number of alkyl halides is 3. The zero-order valence-electron chi connectivity index (χ0n) is 16.8. The van der Waals surface area contributed by atoms with Crippen molar-refractivity contribution in [1.29, 1.82) is 5.26 Å². The summed E-state index contributed by atoms with van der Waals surface area (Å²) in [6, 6.07) is 12.1. The first-order valence-electron chi connectivity index (χ1n) is 9.84. The maximum Gasteiger partial charge on any atom is 0.417 e. The van der Waals surface area contributed by atoms with Crippen LogP contribution in [0.4, 0.5) is 24.5 Å². The first kappa shape index (κ1) is 22.0. The minimum absolute atomic E-state index is 0.0357. The lowest BCUT2D eigenvalue weighted by Gasteiger charge is -2.44. The number of halogens is 3. The van der Waals surface area contributed by atoms with Crippen molar-refractivity contribution in [2.75, 3.05) is 23.1 Å². The van der Waals surface area contributed by atoms with Crippen LogP contribution in [0.25, 0.3) is 6.08 Å². The van der Waals surface area contributed by atoms with Gasteiger partial charge in [-0.3, -0.25) is 9.69 Å². The fourth-order valence-electron chi connectivity index (χ4n) is 4.13. The Morgan fingerprint density at radius 1 is 1.19 bits per heavy atom. The Bertz CT molecular complexity index is 1150. The zero-order chi connectivity index (χ0) is 23.1. The van der Waals surface area contributed by atoms with Gasteiger partial charge >= 0.3 is 6.18 Å². The maximum absolute atomic E-state index is 13.5. The van der Waals surface area contributed by atoms with Crippen LogP contribution in [0.5, 0.6) is 0 Å². The Morgan fingerprint density at radius 3 is 2.41 bits per heavy atom. The van der Waals surface area contributed by atoms with Gasteiger partial charge in [0.15, 0.2) is 5.54 Å². The van der Waals surface area contributed by atoms with Gasteiger partial charge in [0.05, 0.1) is 30.5 Å². The Kier molecular flexibility index (Phi) is 5.53. The highest BCUT2D eigenvalue weighted by molar-refractivity contribution is 7.80. The van der Waals surface area contributed by atoms with E-state index >= 15 is 0 Å². The number of hydrogen-bond acceptors (Lipinski definition) is 5. The number of benzene rings is 2. The van der Waals surface area contributed by atoms with Gasteiger partial charge in [-0.25, -0.2) is 0 Å². The largest absolute Gasteiger partial charge is 0.417 e. The molecule has 1 aliphatic heterocycles. The van der Waals surface area contributed by atoms with E-state index < -0.39 is 22.8 Å². The first-order chi connectivity index (χ1) is 15.2. The summed E-state index contributed by atoms with van der Waals surface area (Å²) in [5.74, 6) is -0.365. The molecule has 32 heavy (non-hydrogen) atoms. The van der Waals surface area contributed by atoms with Crippen LogP contribution < -0.4 is 9.80 Å². The second-order valence-electron chi connectivity index (χ2n) is 7.60. The van der Waals surface area contributed by atoms with Crippen molar-refractivity contribution >= 4 is 40.4 Å². The van der Waals surface area contributed by atoms with Gasteiger partial charge in [-0.15, -0.1) is 0 Å². The van der Waals surface area contributed by atoms with E-state index in [0.717, 1.165) is 17.7 Å². The number of rotatable bonds is 4. The molecule has 4 rings (SSSR count). The maximum atomic E-state index is 13.5. The van der Waals surface area contributed by atoms with E-state index in [2.05, 4.69) is 0 Å². The number of carbonyl (C=O) groups is 1. The highest BCUT2D eigenvalue weighted by Crippen LogP contribution is 2.46. The van der Waals surface area contributed by atoms with Crippen LogP contribution in [0.1, 0.15) is 29.5 Å². The van der Waals surface area contributed by atoms with Gasteiger partial charge in [0.2, 0.25) is 0 Å². The third kappa shape index (κ3) is 3.45.